The zero-order valence-corrected chi connectivity index (χ0v) is 18.5. The van der Waals surface area contributed by atoms with Crippen molar-refractivity contribution < 1.29 is 22.7 Å². The summed E-state index contributed by atoms with van der Waals surface area (Å²) in [6, 6.07) is 2.97. The van der Waals surface area contributed by atoms with Crippen molar-refractivity contribution in [2.75, 3.05) is 30.6 Å². The lowest BCUT2D eigenvalue weighted by Gasteiger charge is -2.27. The first-order chi connectivity index (χ1) is 13.1. The number of aliphatic imine (C=N–C) groups is 1. The molecule has 7 nitrogen and oxygen atoms in total. The Morgan fingerprint density at radius 2 is 1.96 bits per heavy atom. The van der Waals surface area contributed by atoms with Gasteiger partial charge in [0, 0.05) is 17.7 Å². The van der Waals surface area contributed by atoms with Gasteiger partial charge in [0.05, 0.1) is 42.5 Å². The fraction of sp³-hybridized carbons (Fsp3) is 0.556. The molecule has 3 rings (SSSR count). The summed E-state index contributed by atoms with van der Waals surface area (Å²) in [6.07, 6.45) is 0.325. The number of hydrogen-bond acceptors (Lipinski definition) is 6. The molecule has 1 amide bonds. The highest BCUT2D eigenvalue weighted by Gasteiger charge is 2.50. The molecule has 10 heteroatoms. The predicted octanol–water partition coefficient (Wildman–Crippen LogP) is 3.00. The summed E-state index contributed by atoms with van der Waals surface area (Å²) in [5.41, 5.74) is 0.571. The van der Waals surface area contributed by atoms with Gasteiger partial charge in [-0.1, -0.05) is 37.2 Å². The Kier molecular flexibility index (Phi) is 6.17. The van der Waals surface area contributed by atoms with Crippen LogP contribution in [0.2, 0.25) is 5.02 Å². The molecule has 2 aliphatic rings. The van der Waals surface area contributed by atoms with Gasteiger partial charge in [0.1, 0.15) is 11.5 Å². The van der Waals surface area contributed by atoms with Gasteiger partial charge in [-0.2, -0.15) is 4.99 Å². The van der Waals surface area contributed by atoms with E-state index < -0.39 is 9.84 Å². The summed E-state index contributed by atoms with van der Waals surface area (Å²) in [4.78, 5) is 18.4. The van der Waals surface area contributed by atoms with Crippen molar-refractivity contribution in [3.05, 3.63) is 17.2 Å². The Hall–Kier alpha value is -1.45. The van der Waals surface area contributed by atoms with Crippen molar-refractivity contribution in [2.24, 2.45) is 10.9 Å². The summed E-state index contributed by atoms with van der Waals surface area (Å²) in [5, 5.41) is 0.650. The monoisotopic (exact) mass is 446 g/mol. The molecule has 28 heavy (non-hydrogen) atoms. The van der Waals surface area contributed by atoms with Crippen molar-refractivity contribution in [1.29, 1.82) is 0 Å². The maximum atomic E-state index is 12.3. The summed E-state index contributed by atoms with van der Waals surface area (Å²) < 4.78 is 35.1. The van der Waals surface area contributed by atoms with Gasteiger partial charge in [-0.15, -0.1) is 0 Å². The topological polar surface area (TPSA) is 85.3 Å². The van der Waals surface area contributed by atoms with Crippen molar-refractivity contribution >= 4 is 50.0 Å². The second-order valence-corrected chi connectivity index (χ2v) is 11.0. The van der Waals surface area contributed by atoms with Gasteiger partial charge < -0.3 is 14.4 Å². The van der Waals surface area contributed by atoms with Crippen LogP contribution in [0.15, 0.2) is 17.1 Å². The van der Waals surface area contributed by atoms with Crippen LogP contribution in [0.5, 0.6) is 11.5 Å². The van der Waals surface area contributed by atoms with Gasteiger partial charge in [0.15, 0.2) is 15.0 Å². The number of nitrogens with zero attached hydrogens (tertiary/aromatic N) is 2. The van der Waals surface area contributed by atoms with E-state index in [1.165, 1.54) is 26.0 Å². The summed E-state index contributed by atoms with van der Waals surface area (Å²) in [6.45, 7) is 3.90. The van der Waals surface area contributed by atoms with Crippen molar-refractivity contribution in [3.8, 4) is 11.5 Å². The molecule has 2 fully saturated rings. The number of carbonyl (C=O) groups excluding carboxylic acids is 1. The highest BCUT2D eigenvalue weighted by atomic mass is 35.5. The molecule has 154 valence electrons. The molecule has 0 aromatic heterocycles. The van der Waals surface area contributed by atoms with E-state index in [-0.39, 0.29) is 34.6 Å². The molecular weight excluding hydrogens is 424 g/mol. The van der Waals surface area contributed by atoms with E-state index >= 15 is 0 Å². The smallest absolute Gasteiger partial charge is 0.248 e. The largest absolute Gasteiger partial charge is 0.495 e. The Morgan fingerprint density at radius 1 is 1.29 bits per heavy atom. The Bertz CT molecular complexity index is 917. The van der Waals surface area contributed by atoms with E-state index in [0.717, 1.165) is 0 Å². The van der Waals surface area contributed by atoms with Gasteiger partial charge in [-0.3, -0.25) is 4.79 Å². The number of amides is 1. The maximum absolute atomic E-state index is 12.3. The molecule has 1 aromatic rings. The van der Waals surface area contributed by atoms with Crippen LogP contribution in [-0.4, -0.2) is 56.5 Å². The van der Waals surface area contributed by atoms with E-state index in [1.807, 2.05) is 13.8 Å². The van der Waals surface area contributed by atoms with Crippen molar-refractivity contribution in [2.45, 2.75) is 31.6 Å². The highest BCUT2D eigenvalue weighted by molar-refractivity contribution is 8.16. The number of anilines is 1. The molecule has 0 unspecified atom stereocenters. The number of fused-ring (bicyclic) bond motifs is 1. The molecule has 2 saturated heterocycles. The number of hydrogen-bond donors (Lipinski definition) is 0. The third kappa shape index (κ3) is 4.26. The van der Waals surface area contributed by atoms with E-state index in [2.05, 4.69) is 4.99 Å². The number of amidine groups is 1. The molecule has 1 aromatic carbocycles. The van der Waals surface area contributed by atoms with Crippen LogP contribution in [0.1, 0.15) is 20.3 Å². The third-order valence-electron chi connectivity index (χ3n) is 4.58. The van der Waals surface area contributed by atoms with Crippen LogP contribution in [-0.2, 0) is 14.6 Å². The van der Waals surface area contributed by atoms with Crippen LogP contribution >= 0.6 is 23.4 Å². The number of benzene rings is 1. The van der Waals surface area contributed by atoms with Gasteiger partial charge in [-0.05, 0) is 12.0 Å². The molecule has 2 atom stereocenters. The van der Waals surface area contributed by atoms with Crippen LogP contribution < -0.4 is 14.4 Å². The molecule has 0 radical (unpaired) electrons. The molecule has 0 bridgehead atoms. The summed E-state index contributed by atoms with van der Waals surface area (Å²) in [5.74, 6) is 0.914. The van der Waals surface area contributed by atoms with E-state index in [0.29, 0.717) is 33.8 Å². The molecule has 2 aliphatic heterocycles. The van der Waals surface area contributed by atoms with E-state index in [9.17, 15) is 13.2 Å². The Morgan fingerprint density at radius 3 is 2.57 bits per heavy atom. The SMILES string of the molecule is COc1cc(OC)c(N2C(=NC(=O)CC(C)C)S[C@@H]3CS(=O)(=O)C[C@@H]32)cc1Cl. The number of ether oxygens (including phenoxy) is 2. The first kappa shape index (κ1) is 21.3. The lowest BCUT2D eigenvalue weighted by Crippen LogP contribution is -2.38. The van der Waals surface area contributed by atoms with E-state index in [4.69, 9.17) is 21.1 Å². The summed E-state index contributed by atoms with van der Waals surface area (Å²) >= 11 is 7.64. The second kappa shape index (κ2) is 8.12. The van der Waals surface area contributed by atoms with Crippen LogP contribution in [0.25, 0.3) is 0 Å². The molecule has 2 heterocycles. The normalized spacial score (nSPS) is 24.6. The zero-order valence-electron chi connectivity index (χ0n) is 16.1. The highest BCUT2D eigenvalue weighted by Crippen LogP contribution is 2.46. The average Bonchev–Trinajstić information content (AvgIpc) is 3.04. The second-order valence-electron chi connectivity index (χ2n) is 7.22. The van der Waals surface area contributed by atoms with Gasteiger partial charge in [-0.25, -0.2) is 8.42 Å². The first-order valence-electron chi connectivity index (χ1n) is 8.84. The predicted molar refractivity (Wildman–Crippen MR) is 113 cm³/mol. The third-order valence-corrected chi connectivity index (χ3v) is 8.09. The van der Waals surface area contributed by atoms with Crippen LogP contribution in [0.3, 0.4) is 0 Å². The summed E-state index contributed by atoms with van der Waals surface area (Å²) in [7, 11) is -0.145. The minimum atomic E-state index is -3.16. The Balaban J connectivity index is 2.08. The minimum absolute atomic E-state index is 0.00510. The lowest BCUT2D eigenvalue weighted by atomic mass is 10.1. The molecule has 0 saturated carbocycles. The quantitative estimate of drug-likeness (QED) is 0.687. The molecule has 0 N–H and O–H groups in total. The number of rotatable bonds is 5. The first-order valence-corrected chi connectivity index (χ1v) is 11.9. The number of thioether (sulfide) groups is 1. The average molecular weight is 447 g/mol. The number of carbonyl (C=O) groups is 1. The molecular formula is C18H23ClN2O5S2. The fourth-order valence-corrected chi connectivity index (χ4v) is 7.54. The zero-order chi connectivity index (χ0) is 20.6. The molecule has 0 spiro atoms. The fourth-order valence-electron chi connectivity index (χ4n) is 3.38. The minimum Gasteiger partial charge on any atom is -0.495 e. The van der Waals surface area contributed by atoms with Gasteiger partial charge >= 0.3 is 0 Å². The van der Waals surface area contributed by atoms with Crippen molar-refractivity contribution in [1.82, 2.24) is 0 Å². The number of halogens is 1. The van der Waals surface area contributed by atoms with Crippen LogP contribution in [0.4, 0.5) is 5.69 Å². The standard InChI is InChI=1S/C18H23ClN2O5S2/c1-10(2)5-17(22)20-18-21(13-8-28(23,24)9-16(13)27-18)12-6-11(19)14(25-3)7-15(12)26-4/h6-7,10,13,16H,5,8-9H2,1-4H3/t13-,16+/m0/s1. The lowest BCUT2D eigenvalue weighted by molar-refractivity contribution is -0.118. The number of sulfone groups is 1. The van der Waals surface area contributed by atoms with Gasteiger partial charge in [0.25, 0.3) is 0 Å². The van der Waals surface area contributed by atoms with Crippen LogP contribution in [0, 0.1) is 5.92 Å². The van der Waals surface area contributed by atoms with Crippen molar-refractivity contribution in [3.63, 3.8) is 0 Å². The Labute approximate surface area is 174 Å². The van der Waals surface area contributed by atoms with E-state index in [1.54, 1.807) is 17.0 Å². The van der Waals surface area contributed by atoms with Gasteiger partial charge in [0.2, 0.25) is 5.91 Å². The number of methoxy groups -OCH3 is 2. The molecule has 0 aliphatic carbocycles. The maximum Gasteiger partial charge on any atom is 0.248 e.